The smallest absolute Gasteiger partial charge is 0.164 e. The summed E-state index contributed by atoms with van der Waals surface area (Å²) in [5.41, 5.74) is 11.4. The Balaban J connectivity index is 1.09. The van der Waals surface area contributed by atoms with Crippen LogP contribution in [-0.2, 0) is 0 Å². The van der Waals surface area contributed by atoms with E-state index in [9.17, 15) is 0 Å². The molecule has 0 bridgehead atoms. The number of nitrogens with zero attached hydrogens (tertiary/aromatic N) is 3. The topological polar surface area (TPSA) is 51.8 Å². The lowest BCUT2D eigenvalue weighted by Crippen LogP contribution is -2.00. The van der Waals surface area contributed by atoms with Crippen molar-refractivity contribution in [1.82, 2.24) is 15.0 Å². The Bertz CT molecular complexity index is 3280. The van der Waals surface area contributed by atoms with Crippen molar-refractivity contribution in [1.29, 1.82) is 0 Å². The van der Waals surface area contributed by atoms with Gasteiger partial charge < -0.3 is 4.42 Å². The fourth-order valence-electron chi connectivity index (χ4n) is 8.02. The van der Waals surface area contributed by atoms with Crippen molar-refractivity contribution >= 4 is 43.5 Å². The van der Waals surface area contributed by atoms with Gasteiger partial charge in [-0.2, -0.15) is 0 Å². The summed E-state index contributed by atoms with van der Waals surface area (Å²) >= 11 is 0. The lowest BCUT2D eigenvalue weighted by Gasteiger charge is -2.11. The molecule has 0 spiro atoms. The molecule has 57 heavy (non-hydrogen) atoms. The highest BCUT2D eigenvalue weighted by Crippen LogP contribution is 2.41. The molecule has 0 aliphatic carbocycles. The van der Waals surface area contributed by atoms with E-state index in [-0.39, 0.29) is 0 Å². The van der Waals surface area contributed by atoms with E-state index in [0.29, 0.717) is 17.5 Å². The Morgan fingerprint density at radius 2 is 0.754 bits per heavy atom. The SMILES string of the molecule is c1ccc(-c2cccc(-c3nc(-c4ccc5cc(-c6ccccc6)ccc5c4)nc(-c4ccc5oc6c7ccccc7c(-c7ccccc7)cc6c5c4)n3)c2)cc1. The predicted octanol–water partition coefficient (Wildman–Crippen LogP) is 14.1. The predicted molar refractivity (Wildman–Crippen MR) is 235 cm³/mol. The van der Waals surface area contributed by atoms with E-state index >= 15 is 0 Å². The van der Waals surface area contributed by atoms with Crippen LogP contribution in [0, 0.1) is 0 Å². The van der Waals surface area contributed by atoms with Crippen LogP contribution in [0.25, 0.3) is 111 Å². The van der Waals surface area contributed by atoms with Gasteiger partial charge in [-0.05, 0) is 92.0 Å². The molecule has 0 atom stereocenters. The van der Waals surface area contributed by atoms with Crippen LogP contribution in [0.5, 0.6) is 0 Å². The van der Waals surface area contributed by atoms with Gasteiger partial charge in [-0.25, -0.2) is 15.0 Å². The summed E-state index contributed by atoms with van der Waals surface area (Å²) in [6.45, 7) is 0. The average Bonchev–Trinajstić information content (AvgIpc) is 3.67. The second-order valence-corrected chi connectivity index (χ2v) is 14.4. The van der Waals surface area contributed by atoms with Crippen LogP contribution in [0.15, 0.2) is 205 Å². The summed E-state index contributed by atoms with van der Waals surface area (Å²) < 4.78 is 6.61. The number of hydrogen-bond donors (Lipinski definition) is 0. The maximum Gasteiger partial charge on any atom is 0.164 e. The zero-order valence-corrected chi connectivity index (χ0v) is 30.8. The molecule has 0 saturated carbocycles. The van der Waals surface area contributed by atoms with Crippen molar-refractivity contribution in [2.45, 2.75) is 0 Å². The highest BCUT2D eigenvalue weighted by molar-refractivity contribution is 6.19. The number of hydrogen-bond acceptors (Lipinski definition) is 4. The molecule has 4 heteroatoms. The van der Waals surface area contributed by atoms with E-state index in [4.69, 9.17) is 19.4 Å². The molecule has 2 aromatic heterocycles. The van der Waals surface area contributed by atoms with Gasteiger partial charge in [-0.15, -0.1) is 0 Å². The first-order valence-electron chi connectivity index (χ1n) is 19.2. The Kier molecular flexibility index (Phi) is 7.78. The van der Waals surface area contributed by atoms with Crippen LogP contribution in [0.2, 0.25) is 0 Å². The number of furan rings is 1. The Labute approximate surface area is 329 Å². The summed E-state index contributed by atoms with van der Waals surface area (Å²) in [5.74, 6) is 1.82. The minimum Gasteiger partial charge on any atom is -0.455 e. The van der Waals surface area contributed by atoms with Crippen molar-refractivity contribution in [3.8, 4) is 67.5 Å². The number of aromatic nitrogens is 3. The third-order valence-corrected chi connectivity index (χ3v) is 10.9. The fourth-order valence-corrected chi connectivity index (χ4v) is 8.02. The maximum atomic E-state index is 6.61. The quantitative estimate of drug-likeness (QED) is 0.171. The van der Waals surface area contributed by atoms with Gasteiger partial charge >= 0.3 is 0 Å². The highest BCUT2D eigenvalue weighted by Gasteiger charge is 2.18. The molecule has 0 amide bonds. The van der Waals surface area contributed by atoms with Gasteiger partial charge in [0.05, 0.1) is 0 Å². The second kappa shape index (κ2) is 13.6. The third kappa shape index (κ3) is 5.92. The van der Waals surface area contributed by atoms with E-state index in [2.05, 4.69) is 182 Å². The molecule has 0 fully saturated rings. The highest BCUT2D eigenvalue weighted by atomic mass is 16.3. The van der Waals surface area contributed by atoms with Crippen LogP contribution in [0.4, 0.5) is 0 Å². The van der Waals surface area contributed by atoms with Gasteiger partial charge in [0, 0.05) is 32.8 Å². The first-order valence-corrected chi connectivity index (χ1v) is 19.2. The van der Waals surface area contributed by atoms with E-state index in [1.54, 1.807) is 0 Å². The molecule has 0 N–H and O–H groups in total. The molecule has 0 unspecified atom stereocenters. The largest absolute Gasteiger partial charge is 0.455 e. The van der Waals surface area contributed by atoms with Gasteiger partial charge in [-0.3, -0.25) is 0 Å². The number of benzene rings is 9. The van der Waals surface area contributed by atoms with Gasteiger partial charge in [-0.1, -0.05) is 158 Å². The summed E-state index contributed by atoms with van der Waals surface area (Å²) in [6.07, 6.45) is 0. The van der Waals surface area contributed by atoms with Crippen LogP contribution in [-0.4, -0.2) is 15.0 Å². The van der Waals surface area contributed by atoms with Crippen molar-refractivity contribution in [2.75, 3.05) is 0 Å². The molecule has 11 aromatic rings. The van der Waals surface area contributed by atoms with Crippen LogP contribution in [0.3, 0.4) is 0 Å². The lowest BCUT2D eigenvalue weighted by atomic mass is 9.95. The molecular weight excluding hydrogens is 695 g/mol. The molecule has 9 aromatic carbocycles. The molecule has 0 aliphatic heterocycles. The van der Waals surface area contributed by atoms with E-state index in [1.165, 1.54) is 16.7 Å². The zero-order chi connectivity index (χ0) is 37.7. The average molecular weight is 728 g/mol. The van der Waals surface area contributed by atoms with E-state index in [0.717, 1.165) is 76.9 Å². The van der Waals surface area contributed by atoms with Crippen molar-refractivity contribution in [3.05, 3.63) is 200 Å². The van der Waals surface area contributed by atoms with Gasteiger partial charge in [0.1, 0.15) is 11.2 Å². The van der Waals surface area contributed by atoms with Crippen LogP contribution in [0.1, 0.15) is 0 Å². The molecule has 0 radical (unpaired) electrons. The first-order chi connectivity index (χ1) is 28.2. The Morgan fingerprint density at radius 3 is 1.42 bits per heavy atom. The minimum absolute atomic E-state index is 0.597. The second-order valence-electron chi connectivity index (χ2n) is 14.4. The van der Waals surface area contributed by atoms with Crippen molar-refractivity contribution in [2.24, 2.45) is 0 Å². The van der Waals surface area contributed by atoms with Gasteiger partial charge in [0.15, 0.2) is 17.5 Å². The first kappa shape index (κ1) is 32.7. The Hall–Kier alpha value is -7.69. The number of rotatable bonds is 6. The molecular formula is C53H33N3O. The summed E-state index contributed by atoms with van der Waals surface area (Å²) in [4.78, 5) is 15.5. The van der Waals surface area contributed by atoms with Crippen molar-refractivity contribution in [3.63, 3.8) is 0 Å². The molecule has 0 aliphatic rings. The molecule has 266 valence electrons. The summed E-state index contributed by atoms with van der Waals surface area (Å²) in [5, 5.41) is 6.59. The molecule has 2 heterocycles. The molecule has 11 rings (SSSR count). The molecule has 0 saturated heterocycles. The van der Waals surface area contributed by atoms with Crippen molar-refractivity contribution < 1.29 is 4.42 Å². The minimum atomic E-state index is 0.597. The normalized spacial score (nSPS) is 11.5. The van der Waals surface area contributed by atoms with Gasteiger partial charge in [0.2, 0.25) is 0 Å². The lowest BCUT2D eigenvalue weighted by molar-refractivity contribution is 0.672. The van der Waals surface area contributed by atoms with Crippen LogP contribution < -0.4 is 0 Å². The zero-order valence-electron chi connectivity index (χ0n) is 30.8. The Morgan fingerprint density at radius 1 is 0.281 bits per heavy atom. The molecule has 4 nitrogen and oxygen atoms in total. The summed E-state index contributed by atoms with van der Waals surface area (Å²) in [7, 11) is 0. The van der Waals surface area contributed by atoms with E-state index in [1.807, 2.05) is 18.2 Å². The number of fused-ring (bicyclic) bond motifs is 6. The standard InChI is InChI=1S/C53H33N3O/c1-4-13-34(14-5-1)37-19-12-20-41(30-37)51-54-52(42-26-25-39-29-38(23-24-40(39)31-42)35-15-6-2-7-16-35)56-53(55-51)43-27-28-49-47(32-43)48-33-46(36-17-8-3-9-18-36)44-21-10-11-22-45(44)50(48)57-49/h1-33H. The fraction of sp³-hybridized carbons (Fsp3) is 0. The van der Waals surface area contributed by atoms with Crippen LogP contribution >= 0.6 is 0 Å². The van der Waals surface area contributed by atoms with E-state index < -0.39 is 0 Å². The third-order valence-electron chi connectivity index (χ3n) is 10.9. The maximum absolute atomic E-state index is 6.61. The summed E-state index contributed by atoms with van der Waals surface area (Å²) in [6, 6.07) is 69.9. The monoisotopic (exact) mass is 727 g/mol. The van der Waals surface area contributed by atoms with Gasteiger partial charge in [0.25, 0.3) is 0 Å².